The van der Waals surface area contributed by atoms with Crippen LogP contribution in [0.1, 0.15) is 57.8 Å². The van der Waals surface area contributed by atoms with Gasteiger partial charge in [0.15, 0.2) is 0 Å². The molecule has 3 atom stereocenters. The third-order valence-corrected chi connectivity index (χ3v) is 6.86. The number of nitrogens with zero attached hydrogens (tertiary/aromatic N) is 3. The minimum Gasteiger partial charge on any atom is -0.378 e. The first-order chi connectivity index (χ1) is 14.1. The summed E-state index contributed by atoms with van der Waals surface area (Å²) in [6.45, 7) is 3.21. The van der Waals surface area contributed by atoms with Crippen LogP contribution >= 0.6 is 0 Å². The summed E-state index contributed by atoms with van der Waals surface area (Å²) >= 11 is 0. The molecule has 0 radical (unpaired) electrons. The van der Waals surface area contributed by atoms with E-state index in [1.54, 1.807) is 0 Å². The average Bonchev–Trinajstić information content (AvgIpc) is 2.75. The van der Waals surface area contributed by atoms with Crippen LogP contribution in [-0.2, 0) is 14.3 Å². The van der Waals surface area contributed by atoms with Crippen LogP contribution in [0.2, 0.25) is 0 Å². The zero-order chi connectivity index (χ0) is 20.6. The second-order valence-corrected chi connectivity index (χ2v) is 8.99. The van der Waals surface area contributed by atoms with Gasteiger partial charge in [-0.25, -0.2) is 0 Å². The fourth-order valence-electron chi connectivity index (χ4n) is 4.94. The Bertz CT molecular complexity index is 593. The van der Waals surface area contributed by atoms with E-state index in [1.165, 1.54) is 32.1 Å². The number of amides is 2. The molecule has 1 N–H and O–H groups in total. The Hall–Kier alpha value is -1.65. The molecular formula is C22H36N4O3. The first-order valence-corrected chi connectivity index (χ1v) is 11.3. The van der Waals surface area contributed by atoms with Crippen molar-refractivity contribution in [3.63, 3.8) is 0 Å². The average molecular weight is 405 g/mol. The summed E-state index contributed by atoms with van der Waals surface area (Å²) in [5.74, 6) is 0.348. The molecule has 1 saturated carbocycles. The van der Waals surface area contributed by atoms with Gasteiger partial charge in [-0.3, -0.25) is 14.5 Å². The monoisotopic (exact) mass is 404 g/mol. The third kappa shape index (κ3) is 6.42. The first kappa shape index (κ1) is 22.0. The Kier molecular flexibility index (Phi) is 8.31. The van der Waals surface area contributed by atoms with Crippen LogP contribution < -0.4 is 5.32 Å². The van der Waals surface area contributed by atoms with Crippen molar-refractivity contribution in [2.45, 2.75) is 69.9 Å². The van der Waals surface area contributed by atoms with Gasteiger partial charge in [0.05, 0.1) is 25.3 Å². The van der Waals surface area contributed by atoms with Crippen LogP contribution in [0.25, 0.3) is 0 Å². The van der Waals surface area contributed by atoms with Crippen molar-refractivity contribution < 1.29 is 14.3 Å². The van der Waals surface area contributed by atoms with Crippen molar-refractivity contribution in [1.82, 2.24) is 15.1 Å². The highest BCUT2D eigenvalue weighted by molar-refractivity contribution is 5.86. The number of carbonyl (C=O) groups excluding carboxylic acids is 2. The fraction of sp³-hybridized carbons (Fsp3) is 0.864. The highest BCUT2D eigenvalue weighted by Gasteiger charge is 2.32. The molecule has 0 aromatic carbocycles. The second kappa shape index (κ2) is 10.9. The SMILES string of the molecule is CN1CCC(NC(=O)C(CC(=O)N2CCOCC2)CC2CCCCC2)CC1C#N. The van der Waals surface area contributed by atoms with Gasteiger partial charge in [-0.2, -0.15) is 5.26 Å². The molecule has 2 amide bonds. The number of morpholine rings is 1. The number of ether oxygens (including phenoxy) is 1. The molecule has 3 fully saturated rings. The Labute approximate surface area is 174 Å². The summed E-state index contributed by atoms with van der Waals surface area (Å²) in [6, 6.07) is 2.20. The van der Waals surface area contributed by atoms with E-state index in [4.69, 9.17) is 4.74 Å². The molecule has 0 aromatic rings. The highest BCUT2D eigenvalue weighted by atomic mass is 16.5. The molecule has 3 aliphatic rings. The highest BCUT2D eigenvalue weighted by Crippen LogP contribution is 2.31. The third-order valence-electron chi connectivity index (χ3n) is 6.86. The maximum atomic E-state index is 13.2. The molecule has 3 unspecified atom stereocenters. The standard InChI is InChI=1S/C22H36N4O3/c1-25-8-7-19(15-20(25)16-23)24-22(28)18(13-17-5-3-2-4-6-17)14-21(27)26-9-11-29-12-10-26/h17-20H,2-15H2,1H3,(H,24,28). The topological polar surface area (TPSA) is 85.7 Å². The number of rotatable bonds is 6. The molecule has 0 aromatic heterocycles. The van der Waals surface area contributed by atoms with Crippen LogP contribution in [0.15, 0.2) is 0 Å². The van der Waals surface area contributed by atoms with E-state index in [2.05, 4.69) is 11.4 Å². The van der Waals surface area contributed by atoms with Gasteiger partial charge in [0.1, 0.15) is 0 Å². The van der Waals surface area contributed by atoms with Crippen molar-refractivity contribution in [2.75, 3.05) is 39.9 Å². The lowest BCUT2D eigenvalue weighted by atomic mass is 9.81. The molecule has 0 bridgehead atoms. The molecule has 2 heterocycles. The van der Waals surface area contributed by atoms with Gasteiger partial charge in [0, 0.05) is 38.0 Å². The normalized spacial score (nSPS) is 27.8. The maximum absolute atomic E-state index is 13.2. The summed E-state index contributed by atoms with van der Waals surface area (Å²) in [4.78, 5) is 29.9. The second-order valence-electron chi connectivity index (χ2n) is 8.99. The van der Waals surface area contributed by atoms with Crippen molar-refractivity contribution >= 4 is 11.8 Å². The van der Waals surface area contributed by atoms with Crippen LogP contribution in [0.5, 0.6) is 0 Å². The van der Waals surface area contributed by atoms with E-state index in [1.807, 2.05) is 16.8 Å². The number of hydrogen-bond acceptors (Lipinski definition) is 5. The van der Waals surface area contributed by atoms with Crippen LogP contribution in [-0.4, -0.2) is 73.6 Å². The van der Waals surface area contributed by atoms with E-state index in [-0.39, 0.29) is 36.2 Å². The van der Waals surface area contributed by atoms with Crippen LogP contribution in [0.4, 0.5) is 0 Å². The number of likely N-dealkylation sites (tertiary alicyclic amines) is 1. The lowest BCUT2D eigenvalue weighted by Crippen LogP contribution is -2.50. The first-order valence-electron chi connectivity index (χ1n) is 11.3. The Morgan fingerprint density at radius 3 is 2.55 bits per heavy atom. The molecular weight excluding hydrogens is 368 g/mol. The summed E-state index contributed by atoms with van der Waals surface area (Å²) in [6.07, 6.45) is 8.68. The summed E-state index contributed by atoms with van der Waals surface area (Å²) in [7, 11) is 1.96. The lowest BCUT2D eigenvalue weighted by molar-refractivity contribution is -0.140. The minimum absolute atomic E-state index is 0.00317. The van der Waals surface area contributed by atoms with Crippen molar-refractivity contribution in [3.05, 3.63) is 0 Å². The predicted octanol–water partition coefficient (Wildman–Crippen LogP) is 1.92. The van der Waals surface area contributed by atoms with Gasteiger partial charge in [-0.15, -0.1) is 0 Å². The smallest absolute Gasteiger partial charge is 0.223 e. The molecule has 29 heavy (non-hydrogen) atoms. The van der Waals surface area contributed by atoms with Gasteiger partial charge >= 0.3 is 0 Å². The summed E-state index contributed by atoms with van der Waals surface area (Å²) < 4.78 is 5.35. The number of nitriles is 1. The Morgan fingerprint density at radius 1 is 1.14 bits per heavy atom. The molecule has 162 valence electrons. The zero-order valence-corrected chi connectivity index (χ0v) is 17.8. The molecule has 7 heteroatoms. The minimum atomic E-state index is -0.270. The van der Waals surface area contributed by atoms with E-state index in [9.17, 15) is 14.9 Å². The van der Waals surface area contributed by atoms with Crippen molar-refractivity contribution in [1.29, 1.82) is 5.26 Å². The number of hydrogen-bond donors (Lipinski definition) is 1. The Morgan fingerprint density at radius 2 is 1.86 bits per heavy atom. The van der Waals surface area contributed by atoms with Crippen molar-refractivity contribution in [3.8, 4) is 6.07 Å². The summed E-state index contributed by atoms with van der Waals surface area (Å²) in [5, 5.41) is 12.5. The van der Waals surface area contributed by atoms with E-state index in [0.29, 0.717) is 38.6 Å². The van der Waals surface area contributed by atoms with Gasteiger partial charge in [-0.1, -0.05) is 32.1 Å². The molecule has 2 aliphatic heterocycles. The largest absolute Gasteiger partial charge is 0.378 e. The van der Waals surface area contributed by atoms with E-state index < -0.39 is 0 Å². The quantitative estimate of drug-likeness (QED) is 0.731. The maximum Gasteiger partial charge on any atom is 0.223 e. The molecule has 2 saturated heterocycles. The lowest BCUT2D eigenvalue weighted by Gasteiger charge is -2.35. The fourth-order valence-corrected chi connectivity index (χ4v) is 4.94. The van der Waals surface area contributed by atoms with Gasteiger partial charge in [0.2, 0.25) is 11.8 Å². The number of piperidine rings is 1. The van der Waals surface area contributed by atoms with Crippen LogP contribution in [0.3, 0.4) is 0 Å². The molecule has 3 rings (SSSR count). The summed E-state index contributed by atoms with van der Waals surface area (Å²) in [5.41, 5.74) is 0. The van der Waals surface area contributed by atoms with Gasteiger partial charge in [-0.05, 0) is 32.2 Å². The predicted molar refractivity (Wildman–Crippen MR) is 110 cm³/mol. The zero-order valence-electron chi connectivity index (χ0n) is 17.8. The van der Waals surface area contributed by atoms with E-state index in [0.717, 1.165) is 19.4 Å². The number of nitrogens with one attached hydrogen (secondary N) is 1. The molecule has 0 spiro atoms. The molecule has 7 nitrogen and oxygen atoms in total. The van der Waals surface area contributed by atoms with Gasteiger partial charge < -0.3 is 15.0 Å². The molecule has 1 aliphatic carbocycles. The van der Waals surface area contributed by atoms with Crippen LogP contribution in [0, 0.1) is 23.2 Å². The van der Waals surface area contributed by atoms with E-state index >= 15 is 0 Å². The Balaban J connectivity index is 1.60. The van der Waals surface area contributed by atoms with Crippen molar-refractivity contribution in [2.24, 2.45) is 11.8 Å². The van der Waals surface area contributed by atoms with Gasteiger partial charge in [0.25, 0.3) is 0 Å². The number of carbonyl (C=O) groups is 2.